The molecule has 0 saturated heterocycles. The monoisotopic (exact) mass is 237 g/mol. The van der Waals surface area contributed by atoms with Gasteiger partial charge in [-0.1, -0.05) is 22.9 Å². The Kier molecular flexibility index (Phi) is 5.29. The molecule has 0 aromatic heterocycles. The molecule has 1 rings (SSSR count). The van der Waals surface area contributed by atoms with Gasteiger partial charge in [-0.05, 0) is 26.0 Å². The van der Waals surface area contributed by atoms with Crippen LogP contribution in [0.3, 0.4) is 0 Å². The number of aryl methyl sites for hydroxylation is 1. The predicted octanol–water partition coefficient (Wildman–Crippen LogP) is 1.10. The van der Waals surface area contributed by atoms with Gasteiger partial charge in [0.05, 0.1) is 6.54 Å². The fourth-order valence-electron chi connectivity index (χ4n) is 1.23. The van der Waals surface area contributed by atoms with Crippen LogP contribution in [0.2, 0.25) is 0 Å². The minimum Gasteiger partial charge on any atom is -0.492 e. The van der Waals surface area contributed by atoms with E-state index >= 15 is 0 Å². The lowest BCUT2D eigenvalue weighted by molar-refractivity contribution is 0.276. The van der Waals surface area contributed by atoms with Crippen molar-refractivity contribution in [2.45, 2.75) is 19.9 Å². The number of rotatable bonds is 6. The summed E-state index contributed by atoms with van der Waals surface area (Å²) in [5.74, 6) is 1.00. The van der Waals surface area contributed by atoms with E-state index in [0.717, 1.165) is 5.75 Å². The van der Waals surface area contributed by atoms with Crippen molar-refractivity contribution in [1.29, 1.82) is 0 Å². The van der Waals surface area contributed by atoms with Gasteiger partial charge in [0, 0.05) is 6.04 Å². The summed E-state index contributed by atoms with van der Waals surface area (Å²) in [4.78, 5) is 0. The van der Waals surface area contributed by atoms with Crippen LogP contribution in [0.15, 0.2) is 29.4 Å². The molecule has 1 aromatic carbocycles. The Balaban J connectivity index is 2.28. The third-order valence-corrected chi connectivity index (χ3v) is 2.28. The quantitative estimate of drug-likeness (QED) is 0.299. The molecule has 5 nitrogen and oxygen atoms in total. The average Bonchev–Trinajstić information content (AvgIpc) is 2.35. The number of ether oxygens (including phenoxy) is 1. The lowest BCUT2D eigenvalue weighted by Gasteiger charge is -2.14. The van der Waals surface area contributed by atoms with Gasteiger partial charge in [0.15, 0.2) is 5.84 Å². The van der Waals surface area contributed by atoms with Crippen LogP contribution < -0.4 is 15.8 Å². The van der Waals surface area contributed by atoms with Crippen LogP contribution in [-0.2, 0) is 0 Å². The highest BCUT2D eigenvalue weighted by Gasteiger charge is 2.03. The third-order valence-electron chi connectivity index (χ3n) is 2.28. The standard InChI is InChI=1S/C12H19N3O2/c1-9-3-5-11(6-4-9)17-8-10(2)14-7-12(13)15-16/h3-6,10,14,16H,7-8H2,1-2H3,(H2,13,15). The summed E-state index contributed by atoms with van der Waals surface area (Å²) in [5, 5.41) is 14.3. The summed E-state index contributed by atoms with van der Waals surface area (Å²) in [6.07, 6.45) is 0. The Morgan fingerprint density at radius 1 is 1.47 bits per heavy atom. The zero-order valence-corrected chi connectivity index (χ0v) is 10.2. The number of amidine groups is 1. The smallest absolute Gasteiger partial charge is 0.153 e. The fourth-order valence-corrected chi connectivity index (χ4v) is 1.23. The summed E-state index contributed by atoms with van der Waals surface area (Å²) >= 11 is 0. The second-order valence-corrected chi connectivity index (χ2v) is 4.00. The minimum absolute atomic E-state index is 0.122. The van der Waals surface area contributed by atoms with Crippen molar-refractivity contribution in [1.82, 2.24) is 5.32 Å². The lowest BCUT2D eigenvalue weighted by Crippen LogP contribution is -2.38. The lowest BCUT2D eigenvalue weighted by atomic mass is 10.2. The zero-order chi connectivity index (χ0) is 12.7. The number of hydrogen-bond donors (Lipinski definition) is 3. The molecule has 0 heterocycles. The minimum atomic E-state index is 0.122. The molecule has 0 aliphatic carbocycles. The number of hydrogen-bond acceptors (Lipinski definition) is 4. The second kappa shape index (κ2) is 6.75. The molecule has 0 radical (unpaired) electrons. The van der Waals surface area contributed by atoms with Crippen molar-refractivity contribution < 1.29 is 9.94 Å². The van der Waals surface area contributed by atoms with Crippen molar-refractivity contribution in [3.05, 3.63) is 29.8 Å². The molecule has 4 N–H and O–H groups in total. The largest absolute Gasteiger partial charge is 0.492 e. The van der Waals surface area contributed by atoms with Crippen LogP contribution in [0, 0.1) is 6.92 Å². The highest BCUT2D eigenvalue weighted by molar-refractivity contribution is 5.81. The summed E-state index contributed by atoms with van der Waals surface area (Å²) in [6.45, 7) is 4.88. The maximum atomic E-state index is 8.37. The summed E-state index contributed by atoms with van der Waals surface area (Å²) in [5.41, 5.74) is 6.55. The molecule has 94 valence electrons. The SMILES string of the molecule is Cc1ccc(OCC(C)NCC(N)=NO)cc1. The maximum Gasteiger partial charge on any atom is 0.153 e. The van der Waals surface area contributed by atoms with Crippen molar-refractivity contribution in [2.24, 2.45) is 10.9 Å². The Hall–Kier alpha value is -1.75. The molecule has 1 unspecified atom stereocenters. The highest BCUT2D eigenvalue weighted by Crippen LogP contribution is 2.11. The van der Waals surface area contributed by atoms with E-state index in [1.165, 1.54) is 5.56 Å². The molecule has 0 spiro atoms. The Labute approximate surface area is 101 Å². The van der Waals surface area contributed by atoms with Gasteiger partial charge >= 0.3 is 0 Å². The van der Waals surface area contributed by atoms with Gasteiger partial charge in [-0.3, -0.25) is 0 Å². The van der Waals surface area contributed by atoms with Crippen molar-refractivity contribution in [3.8, 4) is 5.75 Å². The molecule has 0 amide bonds. The van der Waals surface area contributed by atoms with E-state index in [-0.39, 0.29) is 11.9 Å². The summed E-state index contributed by atoms with van der Waals surface area (Å²) < 4.78 is 5.58. The molecule has 1 aromatic rings. The summed E-state index contributed by atoms with van der Waals surface area (Å²) in [7, 11) is 0. The third kappa shape index (κ3) is 5.21. The van der Waals surface area contributed by atoms with Crippen molar-refractivity contribution in [2.75, 3.05) is 13.2 Å². The van der Waals surface area contributed by atoms with Crippen LogP contribution in [0.4, 0.5) is 0 Å². The van der Waals surface area contributed by atoms with Crippen LogP contribution in [-0.4, -0.2) is 30.2 Å². The molecule has 0 fully saturated rings. The van der Waals surface area contributed by atoms with E-state index in [1.807, 2.05) is 38.1 Å². The van der Waals surface area contributed by atoms with Gasteiger partial charge in [0.1, 0.15) is 12.4 Å². The first-order chi connectivity index (χ1) is 8.11. The molecule has 1 atom stereocenters. The number of nitrogens with one attached hydrogen (secondary N) is 1. The highest BCUT2D eigenvalue weighted by atomic mass is 16.5. The van der Waals surface area contributed by atoms with Crippen LogP contribution >= 0.6 is 0 Å². The zero-order valence-electron chi connectivity index (χ0n) is 10.2. The van der Waals surface area contributed by atoms with Crippen molar-refractivity contribution >= 4 is 5.84 Å². The first-order valence-corrected chi connectivity index (χ1v) is 5.51. The number of nitrogens with two attached hydrogens (primary N) is 1. The molecule has 0 aliphatic heterocycles. The molecule has 0 saturated carbocycles. The second-order valence-electron chi connectivity index (χ2n) is 4.00. The first kappa shape index (κ1) is 13.3. The molecule has 0 aliphatic rings. The molecular formula is C12H19N3O2. The van der Waals surface area contributed by atoms with Gasteiger partial charge in [0.2, 0.25) is 0 Å². The van der Waals surface area contributed by atoms with Crippen LogP contribution in [0.1, 0.15) is 12.5 Å². The van der Waals surface area contributed by atoms with Crippen LogP contribution in [0.5, 0.6) is 5.75 Å². The molecular weight excluding hydrogens is 218 g/mol. The van der Waals surface area contributed by atoms with E-state index < -0.39 is 0 Å². The number of oxime groups is 1. The maximum absolute atomic E-state index is 8.37. The van der Waals surface area contributed by atoms with E-state index in [1.54, 1.807) is 0 Å². The topological polar surface area (TPSA) is 79.9 Å². The predicted molar refractivity (Wildman–Crippen MR) is 67.5 cm³/mol. The molecule has 5 heteroatoms. The Morgan fingerprint density at radius 2 is 2.12 bits per heavy atom. The molecule has 17 heavy (non-hydrogen) atoms. The van der Waals surface area contributed by atoms with Gasteiger partial charge in [0.25, 0.3) is 0 Å². The fraction of sp³-hybridized carbons (Fsp3) is 0.417. The Morgan fingerprint density at radius 3 is 2.71 bits per heavy atom. The van der Waals surface area contributed by atoms with Gasteiger partial charge in [-0.25, -0.2) is 0 Å². The van der Waals surface area contributed by atoms with Crippen LogP contribution in [0.25, 0.3) is 0 Å². The summed E-state index contributed by atoms with van der Waals surface area (Å²) in [6, 6.07) is 8.00. The average molecular weight is 237 g/mol. The molecule has 0 bridgehead atoms. The van der Waals surface area contributed by atoms with Gasteiger partial charge in [-0.15, -0.1) is 0 Å². The number of nitrogens with zero attached hydrogens (tertiary/aromatic N) is 1. The van der Waals surface area contributed by atoms with Gasteiger partial charge < -0.3 is 21.0 Å². The van der Waals surface area contributed by atoms with E-state index in [9.17, 15) is 0 Å². The number of benzene rings is 1. The Bertz CT molecular complexity index is 363. The van der Waals surface area contributed by atoms with Crippen molar-refractivity contribution in [3.63, 3.8) is 0 Å². The van der Waals surface area contributed by atoms with Gasteiger partial charge in [-0.2, -0.15) is 0 Å². The van der Waals surface area contributed by atoms with E-state index in [2.05, 4.69) is 10.5 Å². The first-order valence-electron chi connectivity index (χ1n) is 5.51. The van der Waals surface area contributed by atoms with E-state index in [0.29, 0.717) is 13.2 Å². The normalized spacial score (nSPS) is 13.4. The van der Waals surface area contributed by atoms with E-state index in [4.69, 9.17) is 15.7 Å².